The van der Waals surface area contributed by atoms with Crippen molar-refractivity contribution in [3.63, 3.8) is 0 Å². The summed E-state index contributed by atoms with van der Waals surface area (Å²) in [7, 11) is 0. The SMILES string of the molecule is N#CCc1ccc(F)c(Nc2ccccc2)c1. The van der Waals surface area contributed by atoms with Gasteiger partial charge in [0.15, 0.2) is 0 Å². The highest BCUT2D eigenvalue weighted by Crippen LogP contribution is 2.21. The molecule has 0 saturated carbocycles. The van der Waals surface area contributed by atoms with Crippen molar-refractivity contribution < 1.29 is 4.39 Å². The molecule has 2 nitrogen and oxygen atoms in total. The van der Waals surface area contributed by atoms with Gasteiger partial charge < -0.3 is 5.32 Å². The van der Waals surface area contributed by atoms with Gasteiger partial charge >= 0.3 is 0 Å². The molecule has 0 atom stereocenters. The summed E-state index contributed by atoms with van der Waals surface area (Å²) in [6.45, 7) is 0. The number of para-hydroxylation sites is 1. The Hall–Kier alpha value is -2.34. The van der Waals surface area contributed by atoms with Crippen molar-refractivity contribution in [2.75, 3.05) is 5.32 Å². The third-order valence-corrected chi connectivity index (χ3v) is 2.37. The van der Waals surface area contributed by atoms with Crippen LogP contribution < -0.4 is 5.32 Å². The molecule has 0 aromatic heterocycles. The lowest BCUT2D eigenvalue weighted by molar-refractivity contribution is 0.631. The summed E-state index contributed by atoms with van der Waals surface area (Å²) in [6.07, 6.45) is 0.281. The van der Waals surface area contributed by atoms with Gasteiger partial charge in [-0.3, -0.25) is 0 Å². The van der Waals surface area contributed by atoms with E-state index >= 15 is 0 Å². The summed E-state index contributed by atoms with van der Waals surface area (Å²) in [4.78, 5) is 0. The average Bonchev–Trinajstić information content (AvgIpc) is 2.35. The van der Waals surface area contributed by atoms with Crippen molar-refractivity contribution in [2.24, 2.45) is 0 Å². The number of nitriles is 1. The Morgan fingerprint density at radius 2 is 1.88 bits per heavy atom. The van der Waals surface area contributed by atoms with Crippen molar-refractivity contribution in [2.45, 2.75) is 6.42 Å². The largest absolute Gasteiger partial charge is 0.353 e. The highest BCUT2D eigenvalue weighted by atomic mass is 19.1. The zero-order valence-corrected chi connectivity index (χ0v) is 9.15. The van der Waals surface area contributed by atoms with Crippen LogP contribution in [0.4, 0.5) is 15.8 Å². The fourth-order valence-electron chi connectivity index (χ4n) is 1.55. The second-order valence-electron chi connectivity index (χ2n) is 3.64. The number of nitrogens with zero attached hydrogens (tertiary/aromatic N) is 1. The lowest BCUT2D eigenvalue weighted by Crippen LogP contribution is -1.95. The van der Waals surface area contributed by atoms with Gasteiger partial charge in [0.25, 0.3) is 0 Å². The molecule has 0 saturated heterocycles. The maximum absolute atomic E-state index is 13.6. The molecule has 0 aliphatic rings. The number of benzene rings is 2. The molecule has 0 fully saturated rings. The van der Waals surface area contributed by atoms with E-state index in [1.807, 2.05) is 36.4 Å². The van der Waals surface area contributed by atoms with E-state index in [1.54, 1.807) is 12.1 Å². The summed E-state index contributed by atoms with van der Waals surface area (Å²) in [5.41, 5.74) is 2.01. The zero-order chi connectivity index (χ0) is 12.1. The van der Waals surface area contributed by atoms with E-state index in [0.29, 0.717) is 5.69 Å². The van der Waals surface area contributed by atoms with Crippen LogP contribution in [0.2, 0.25) is 0 Å². The molecular formula is C14H11FN2. The minimum atomic E-state index is -0.324. The molecule has 0 heterocycles. The molecule has 2 aromatic carbocycles. The van der Waals surface area contributed by atoms with Crippen LogP contribution in [0, 0.1) is 17.1 Å². The first-order valence-electron chi connectivity index (χ1n) is 5.27. The quantitative estimate of drug-likeness (QED) is 0.867. The standard InChI is InChI=1S/C14H11FN2/c15-13-7-6-11(8-9-16)10-14(13)17-12-4-2-1-3-5-12/h1-7,10,17H,8H2. The Morgan fingerprint density at radius 3 is 2.59 bits per heavy atom. The first-order chi connectivity index (χ1) is 8.29. The van der Waals surface area contributed by atoms with Gasteiger partial charge in [0.2, 0.25) is 0 Å². The topological polar surface area (TPSA) is 35.8 Å². The maximum atomic E-state index is 13.6. The van der Waals surface area contributed by atoms with Crippen LogP contribution in [0.3, 0.4) is 0 Å². The Morgan fingerprint density at radius 1 is 1.12 bits per heavy atom. The van der Waals surface area contributed by atoms with Crippen LogP contribution in [-0.4, -0.2) is 0 Å². The number of hydrogen-bond acceptors (Lipinski definition) is 2. The predicted octanol–water partition coefficient (Wildman–Crippen LogP) is 3.64. The molecule has 2 aromatic rings. The van der Waals surface area contributed by atoms with Crippen molar-refractivity contribution >= 4 is 11.4 Å². The molecule has 17 heavy (non-hydrogen) atoms. The number of hydrogen-bond donors (Lipinski definition) is 1. The molecule has 2 rings (SSSR count). The molecule has 1 N–H and O–H groups in total. The fourth-order valence-corrected chi connectivity index (χ4v) is 1.55. The van der Waals surface area contributed by atoms with Gasteiger partial charge in [0, 0.05) is 5.69 Å². The molecule has 0 aliphatic carbocycles. The molecule has 0 amide bonds. The van der Waals surface area contributed by atoms with E-state index in [0.717, 1.165) is 11.3 Å². The monoisotopic (exact) mass is 226 g/mol. The molecule has 3 heteroatoms. The molecule has 0 radical (unpaired) electrons. The molecule has 0 unspecified atom stereocenters. The van der Waals surface area contributed by atoms with Crippen LogP contribution in [0.5, 0.6) is 0 Å². The summed E-state index contributed by atoms with van der Waals surface area (Å²) in [6, 6.07) is 16.1. The smallest absolute Gasteiger partial charge is 0.146 e. The predicted molar refractivity (Wildman–Crippen MR) is 65.4 cm³/mol. The summed E-state index contributed by atoms with van der Waals surface area (Å²) < 4.78 is 13.6. The van der Waals surface area contributed by atoms with Crippen molar-refractivity contribution in [1.82, 2.24) is 0 Å². The van der Waals surface area contributed by atoms with Crippen LogP contribution in [0.25, 0.3) is 0 Å². The molecule has 0 aliphatic heterocycles. The number of halogens is 1. The van der Waals surface area contributed by atoms with Crippen LogP contribution in [0.15, 0.2) is 48.5 Å². The van der Waals surface area contributed by atoms with Gasteiger partial charge in [-0.05, 0) is 29.8 Å². The summed E-state index contributed by atoms with van der Waals surface area (Å²) in [5, 5.41) is 11.6. The average molecular weight is 226 g/mol. The molecule has 0 bridgehead atoms. The van der Waals surface area contributed by atoms with Crippen LogP contribution in [-0.2, 0) is 6.42 Å². The van der Waals surface area contributed by atoms with E-state index in [-0.39, 0.29) is 12.2 Å². The maximum Gasteiger partial charge on any atom is 0.146 e. The van der Waals surface area contributed by atoms with Crippen molar-refractivity contribution in [3.05, 3.63) is 59.9 Å². The van der Waals surface area contributed by atoms with Crippen LogP contribution in [0.1, 0.15) is 5.56 Å². The first kappa shape index (κ1) is 11.2. The number of anilines is 2. The minimum absolute atomic E-state index is 0.281. The Bertz CT molecular complexity index is 544. The normalized spacial score (nSPS) is 9.65. The highest BCUT2D eigenvalue weighted by Gasteiger charge is 2.03. The third kappa shape index (κ3) is 2.82. The lowest BCUT2D eigenvalue weighted by atomic mass is 10.1. The number of rotatable bonds is 3. The Balaban J connectivity index is 2.26. The lowest BCUT2D eigenvalue weighted by Gasteiger charge is -2.08. The number of nitrogens with one attached hydrogen (secondary N) is 1. The van der Waals surface area contributed by atoms with E-state index in [4.69, 9.17) is 5.26 Å². The molecule has 0 spiro atoms. The Labute approximate surface area is 99.3 Å². The van der Waals surface area contributed by atoms with E-state index in [2.05, 4.69) is 5.32 Å². The highest BCUT2D eigenvalue weighted by molar-refractivity contribution is 5.60. The van der Waals surface area contributed by atoms with Crippen LogP contribution >= 0.6 is 0 Å². The third-order valence-electron chi connectivity index (χ3n) is 2.37. The van der Waals surface area contributed by atoms with Gasteiger partial charge in [-0.2, -0.15) is 5.26 Å². The zero-order valence-electron chi connectivity index (χ0n) is 9.15. The fraction of sp³-hybridized carbons (Fsp3) is 0.0714. The Kier molecular flexibility index (Phi) is 3.37. The van der Waals surface area contributed by atoms with Gasteiger partial charge in [-0.15, -0.1) is 0 Å². The van der Waals surface area contributed by atoms with Gasteiger partial charge in [-0.25, -0.2) is 4.39 Å². The van der Waals surface area contributed by atoms with Gasteiger partial charge in [0.1, 0.15) is 5.82 Å². The van der Waals surface area contributed by atoms with Gasteiger partial charge in [-0.1, -0.05) is 24.3 Å². The first-order valence-corrected chi connectivity index (χ1v) is 5.27. The molecular weight excluding hydrogens is 215 g/mol. The van der Waals surface area contributed by atoms with Gasteiger partial charge in [0.05, 0.1) is 18.2 Å². The van der Waals surface area contributed by atoms with E-state index < -0.39 is 0 Å². The van der Waals surface area contributed by atoms with Crippen molar-refractivity contribution in [1.29, 1.82) is 5.26 Å². The minimum Gasteiger partial charge on any atom is -0.353 e. The van der Waals surface area contributed by atoms with E-state index in [1.165, 1.54) is 6.07 Å². The second-order valence-corrected chi connectivity index (χ2v) is 3.64. The second kappa shape index (κ2) is 5.13. The summed E-state index contributed by atoms with van der Waals surface area (Å²) >= 11 is 0. The van der Waals surface area contributed by atoms with E-state index in [9.17, 15) is 4.39 Å². The molecule has 84 valence electrons. The summed E-state index contributed by atoms with van der Waals surface area (Å²) in [5.74, 6) is -0.324. The van der Waals surface area contributed by atoms with Crippen molar-refractivity contribution in [3.8, 4) is 6.07 Å².